The third-order valence-electron chi connectivity index (χ3n) is 1.26. The lowest BCUT2D eigenvalue weighted by Crippen LogP contribution is -2.27. The molecule has 0 bridgehead atoms. The first kappa shape index (κ1) is 13.2. The van der Waals surface area contributed by atoms with E-state index in [1.54, 1.807) is 0 Å². The van der Waals surface area contributed by atoms with Crippen LogP contribution in [0.4, 0.5) is 13.2 Å². The van der Waals surface area contributed by atoms with E-state index in [-0.39, 0.29) is 13.2 Å². The summed E-state index contributed by atoms with van der Waals surface area (Å²) in [4.78, 5) is -1.58. The highest BCUT2D eigenvalue weighted by Crippen LogP contribution is 2.26. The molecule has 0 fully saturated rings. The van der Waals surface area contributed by atoms with Gasteiger partial charge < -0.3 is 9.47 Å². The Balaban J connectivity index is 3.32. The quantitative estimate of drug-likeness (QED) is 0.542. The maximum atomic E-state index is 11.9. The molecule has 0 radical (unpaired) electrons. The zero-order chi connectivity index (χ0) is 10.3. The average Bonchev–Trinajstić information content (AvgIpc) is 2.02. The summed E-state index contributed by atoms with van der Waals surface area (Å²) in [6.07, 6.45) is -3.63. The molecule has 0 aliphatic heterocycles. The second kappa shape index (κ2) is 6.62. The van der Waals surface area contributed by atoms with Crippen LogP contribution in [0.15, 0.2) is 0 Å². The fraction of sp³-hybridized carbons (Fsp3) is 1.00. The summed E-state index contributed by atoms with van der Waals surface area (Å²) < 4.78 is 45.1. The minimum Gasteiger partial charge on any atom is -0.385 e. The van der Waals surface area contributed by atoms with Gasteiger partial charge in [0, 0.05) is 20.3 Å². The van der Waals surface area contributed by atoms with Gasteiger partial charge in [-0.2, -0.15) is 13.2 Å². The van der Waals surface area contributed by atoms with E-state index in [0.717, 1.165) is 0 Å². The lowest BCUT2D eigenvalue weighted by atomic mass is 10.4. The lowest BCUT2D eigenvalue weighted by molar-refractivity contribution is -0.137. The van der Waals surface area contributed by atoms with Gasteiger partial charge in [0.15, 0.2) is 0 Å². The van der Waals surface area contributed by atoms with Crippen molar-refractivity contribution in [2.24, 2.45) is 0 Å². The van der Waals surface area contributed by atoms with Gasteiger partial charge in [0.1, 0.15) is 4.83 Å². The molecule has 6 heteroatoms. The highest BCUT2D eigenvalue weighted by molar-refractivity contribution is 9.09. The highest BCUT2D eigenvalue weighted by Gasteiger charge is 2.37. The van der Waals surface area contributed by atoms with Crippen LogP contribution in [0.3, 0.4) is 0 Å². The van der Waals surface area contributed by atoms with E-state index in [1.165, 1.54) is 7.11 Å². The summed E-state index contributed by atoms with van der Waals surface area (Å²) in [5, 5.41) is 0. The zero-order valence-corrected chi connectivity index (χ0v) is 8.82. The fourth-order valence-electron chi connectivity index (χ4n) is 0.587. The Morgan fingerprint density at radius 1 is 1.31 bits per heavy atom. The highest BCUT2D eigenvalue weighted by atomic mass is 79.9. The summed E-state index contributed by atoms with van der Waals surface area (Å²) in [6, 6.07) is 0. The number of halogens is 4. The summed E-state index contributed by atoms with van der Waals surface area (Å²) in [5.41, 5.74) is 0. The Labute approximate surface area is 83.5 Å². The SMILES string of the molecule is COCCCOCC(Br)C(F)(F)F. The van der Waals surface area contributed by atoms with E-state index in [4.69, 9.17) is 9.47 Å². The predicted octanol–water partition coefficient (Wildman–Crippen LogP) is 2.37. The lowest BCUT2D eigenvalue weighted by Gasteiger charge is -2.13. The predicted molar refractivity (Wildman–Crippen MR) is 46.1 cm³/mol. The first-order chi connectivity index (χ1) is 5.98. The molecule has 0 saturated heterocycles. The Morgan fingerprint density at radius 2 is 1.92 bits per heavy atom. The van der Waals surface area contributed by atoms with Crippen LogP contribution in [0.5, 0.6) is 0 Å². The second-order valence-corrected chi connectivity index (χ2v) is 3.54. The van der Waals surface area contributed by atoms with Gasteiger partial charge >= 0.3 is 6.18 Å². The van der Waals surface area contributed by atoms with Crippen molar-refractivity contribution in [3.63, 3.8) is 0 Å². The molecular weight excluding hydrogens is 253 g/mol. The number of rotatable bonds is 6. The molecule has 0 aliphatic carbocycles. The largest absolute Gasteiger partial charge is 0.403 e. The van der Waals surface area contributed by atoms with Crippen molar-refractivity contribution in [3.8, 4) is 0 Å². The molecule has 0 N–H and O–H groups in total. The molecular formula is C7H12BrF3O2. The monoisotopic (exact) mass is 264 g/mol. The average molecular weight is 265 g/mol. The molecule has 1 unspecified atom stereocenters. The van der Waals surface area contributed by atoms with Crippen LogP contribution in [0, 0.1) is 0 Å². The van der Waals surface area contributed by atoms with Gasteiger partial charge in [-0.05, 0) is 6.42 Å². The topological polar surface area (TPSA) is 18.5 Å². The van der Waals surface area contributed by atoms with Crippen molar-refractivity contribution >= 4 is 15.9 Å². The molecule has 0 spiro atoms. The van der Waals surface area contributed by atoms with Crippen molar-refractivity contribution in [2.45, 2.75) is 17.4 Å². The fourth-order valence-corrected chi connectivity index (χ4v) is 0.774. The van der Waals surface area contributed by atoms with Gasteiger partial charge in [-0.25, -0.2) is 0 Å². The van der Waals surface area contributed by atoms with E-state index in [0.29, 0.717) is 13.0 Å². The third-order valence-corrected chi connectivity index (χ3v) is 2.04. The molecule has 0 aliphatic rings. The van der Waals surface area contributed by atoms with Crippen LogP contribution in [0.1, 0.15) is 6.42 Å². The van der Waals surface area contributed by atoms with Gasteiger partial charge in [0.05, 0.1) is 6.61 Å². The van der Waals surface area contributed by atoms with Gasteiger partial charge in [0.2, 0.25) is 0 Å². The van der Waals surface area contributed by atoms with Crippen LogP contribution in [-0.4, -0.2) is 37.9 Å². The van der Waals surface area contributed by atoms with Gasteiger partial charge in [-0.15, -0.1) is 0 Å². The van der Waals surface area contributed by atoms with Crippen molar-refractivity contribution < 1.29 is 22.6 Å². The molecule has 0 aromatic heterocycles. The van der Waals surface area contributed by atoms with Crippen molar-refractivity contribution in [1.29, 1.82) is 0 Å². The molecule has 0 heterocycles. The Kier molecular flexibility index (Phi) is 6.71. The smallest absolute Gasteiger partial charge is 0.385 e. The van der Waals surface area contributed by atoms with Gasteiger partial charge in [-0.3, -0.25) is 0 Å². The van der Waals surface area contributed by atoms with Crippen LogP contribution in [0.25, 0.3) is 0 Å². The van der Waals surface area contributed by atoms with Gasteiger partial charge in [0.25, 0.3) is 0 Å². The normalized spacial score (nSPS) is 14.5. The third kappa shape index (κ3) is 7.28. The van der Waals surface area contributed by atoms with E-state index in [2.05, 4.69) is 15.9 Å². The molecule has 0 saturated carbocycles. The van der Waals surface area contributed by atoms with Gasteiger partial charge in [-0.1, -0.05) is 15.9 Å². The molecule has 0 aromatic carbocycles. The number of hydrogen-bond acceptors (Lipinski definition) is 2. The molecule has 0 aromatic rings. The number of alkyl halides is 4. The summed E-state index contributed by atoms with van der Waals surface area (Å²) in [7, 11) is 1.53. The minimum absolute atomic E-state index is 0.284. The number of hydrogen-bond donors (Lipinski definition) is 0. The summed E-state index contributed by atoms with van der Waals surface area (Å²) in [6.45, 7) is 0.429. The maximum Gasteiger partial charge on any atom is 0.403 e. The van der Waals surface area contributed by atoms with E-state index in [1.807, 2.05) is 0 Å². The standard InChI is InChI=1S/C7H12BrF3O2/c1-12-3-2-4-13-5-6(8)7(9,10)11/h6H,2-5H2,1H3. The summed E-state index contributed by atoms with van der Waals surface area (Å²) in [5.74, 6) is 0. The Bertz CT molecular complexity index is 129. The number of methoxy groups -OCH3 is 1. The minimum atomic E-state index is -4.23. The van der Waals surface area contributed by atoms with E-state index in [9.17, 15) is 13.2 Å². The van der Waals surface area contributed by atoms with E-state index >= 15 is 0 Å². The molecule has 13 heavy (non-hydrogen) atoms. The van der Waals surface area contributed by atoms with Crippen molar-refractivity contribution in [2.75, 3.05) is 26.9 Å². The second-order valence-electron chi connectivity index (χ2n) is 2.43. The molecule has 0 amide bonds. The maximum absolute atomic E-state index is 11.9. The molecule has 80 valence electrons. The Morgan fingerprint density at radius 3 is 2.38 bits per heavy atom. The zero-order valence-electron chi connectivity index (χ0n) is 7.23. The van der Waals surface area contributed by atoms with Crippen molar-refractivity contribution in [1.82, 2.24) is 0 Å². The molecule has 2 nitrogen and oxygen atoms in total. The number of ether oxygens (including phenoxy) is 2. The van der Waals surface area contributed by atoms with Crippen LogP contribution < -0.4 is 0 Å². The van der Waals surface area contributed by atoms with Crippen molar-refractivity contribution in [3.05, 3.63) is 0 Å². The van der Waals surface area contributed by atoms with Crippen LogP contribution in [0.2, 0.25) is 0 Å². The van der Waals surface area contributed by atoms with Crippen LogP contribution in [-0.2, 0) is 9.47 Å². The first-order valence-corrected chi connectivity index (χ1v) is 4.67. The molecule has 0 rings (SSSR count). The van der Waals surface area contributed by atoms with E-state index < -0.39 is 11.0 Å². The van der Waals surface area contributed by atoms with Crippen LogP contribution >= 0.6 is 15.9 Å². The Hall–Kier alpha value is 0.190. The molecule has 1 atom stereocenters. The first-order valence-electron chi connectivity index (χ1n) is 3.76. The summed E-state index contributed by atoms with van der Waals surface area (Å²) >= 11 is 2.49.